The molecule has 9 aromatic carbocycles. The van der Waals surface area contributed by atoms with E-state index < -0.39 is 0 Å². The molecule has 1 nitrogen and oxygen atoms in total. The summed E-state index contributed by atoms with van der Waals surface area (Å²) in [6.45, 7) is 0. The average molecular weight is 680 g/mol. The maximum Gasteiger partial charge on any atom is 0.0645 e. The molecule has 0 aromatic heterocycles. The molecule has 9 rings (SSSR count). The minimum Gasteiger partial charge on any atom is -0.310 e. The Labute approximate surface area is 317 Å². The lowest BCUT2D eigenvalue weighted by Gasteiger charge is -2.26. The minimum atomic E-state index is -0.119. The molecule has 0 atom stereocenters. The van der Waals surface area contributed by atoms with Crippen molar-refractivity contribution in [2.75, 3.05) is 4.90 Å². The zero-order valence-corrected chi connectivity index (χ0v) is 29.0. The molecule has 9 aromatic rings. The van der Waals surface area contributed by atoms with Crippen LogP contribution in [0.2, 0.25) is 0 Å². The molecule has 0 saturated carbocycles. The van der Waals surface area contributed by atoms with Crippen LogP contribution in [-0.2, 0) is 0 Å². The summed E-state index contributed by atoms with van der Waals surface area (Å²) >= 11 is 0. The van der Waals surface area contributed by atoms with Crippen LogP contribution in [0.4, 0.5) is 17.1 Å². The van der Waals surface area contributed by atoms with Crippen LogP contribution in [0.5, 0.6) is 0 Å². The lowest BCUT2D eigenvalue weighted by molar-refractivity contribution is 1.28. The van der Waals surface area contributed by atoms with E-state index in [9.17, 15) is 5.48 Å². The second kappa shape index (κ2) is 14.3. The Morgan fingerprint density at radius 3 is 1.40 bits per heavy atom. The number of hydrogen-bond acceptors (Lipinski definition) is 1. The van der Waals surface area contributed by atoms with Gasteiger partial charge in [-0.2, -0.15) is 0 Å². The summed E-state index contributed by atoms with van der Waals surface area (Å²) in [7, 11) is 0. The van der Waals surface area contributed by atoms with E-state index in [2.05, 4.69) is 91.0 Å². The Hall–Kier alpha value is -6.96. The van der Waals surface area contributed by atoms with Gasteiger partial charge in [0.25, 0.3) is 0 Å². The molecule has 1 heteroatoms. The second-order valence-corrected chi connectivity index (χ2v) is 13.1. The smallest absolute Gasteiger partial charge is 0.0645 e. The molecule has 53 heavy (non-hydrogen) atoms. The zero-order valence-electron chi connectivity index (χ0n) is 33.0. The maximum absolute atomic E-state index is 9.55. The van der Waals surface area contributed by atoms with Gasteiger partial charge in [-0.3, -0.25) is 0 Å². The normalized spacial score (nSPS) is 12.1. The number of hydrogen-bond donors (Lipinski definition) is 0. The Bertz CT molecular complexity index is 2850. The molecular formula is C52H37N. The molecule has 0 aliphatic rings. The van der Waals surface area contributed by atoms with Crippen molar-refractivity contribution in [2.24, 2.45) is 0 Å². The monoisotopic (exact) mass is 679 g/mol. The first kappa shape index (κ1) is 27.7. The molecule has 0 amide bonds. The van der Waals surface area contributed by atoms with Gasteiger partial charge in [0, 0.05) is 17.1 Å². The standard InChI is InChI=1S/C52H37N/c1-3-13-38(14-4-1)43-19-9-21-45(35-43)40-27-31-48(32-28-40)53(50-24-11-23-47(37-50)52-26-12-18-42-17-7-8-25-51(42)52)49-33-29-41(30-34-49)46-22-10-20-44(36-46)39-15-5-2-6-16-39/h1-37H/i27D,28D,31D,32D. The van der Waals surface area contributed by atoms with E-state index in [1.54, 1.807) is 0 Å². The molecule has 0 saturated heterocycles. The third-order valence-electron chi connectivity index (χ3n) is 9.73. The molecule has 0 aliphatic carbocycles. The van der Waals surface area contributed by atoms with Crippen molar-refractivity contribution in [2.45, 2.75) is 0 Å². The van der Waals surface area contributed by atoms with Crippen LogP contribution in [0, 0.1) is 0 Å². The maximum atomic E-state index is 9.55. The van der Waals surface area contributed by atoms with Gasteiger partial charge in [0.1, 0.15) is 0 Å². The fourth-order valence-corrected chi connectivity index (χ4v) is 7.06. The van der Waals surface area contributed by atoms with Crippen LogP contribution in [0.25, 0.3) is 66.4 Å². The Morgan fingerprint density at radius 2 is 0.755 bits per heavy atom. The van der Waals surface area contributed by atoms with E-state index in [4.69, 9.17) is 0 Å². The first-order valence-electron chi connectivity index (χ1n) is 19.8. The SMILES string of the molecule is [2H]c1c([2H])c(N(c2ccc(-c3cccc(-c4ccccc4)c3)cc2)c2cccc(-c3cccc4ccccc34)c2)c([2H])c([2H])c1-c1cccc(-c2ccccc2)c1. The van der Waals surface area contributed by atoms with Crippen LogP contribution < -0.4 is 4.90 Å². The van der Waals surface area contributed by atoms with Crippen molar-refractivity contribution in [3.05, 3.63) is 224 Å². The first-order valence-corrected chi connectivity index (χ1v) is 17.8. The van der Waals surface area contributed by atoms with Gasteiger partial charge in [0.2, 0.25) is 0 Å². The van der Waals surface area contributed by atoms with Crippen molar-refractivity contribution in [3.63, 3.8) is 0 Å². The largest absolute Gasteiger partial charge is 0.310 e. The van der Waals surface area contributed by atoms with Gasteiger partial charge in [0.05, 0.1) is 5.48 Å². The van der Waals surface area contributed by atoms with E-state index in [1.807, 2.05) is 114 Å². The van der Waals surface area contributed by atoms with Crippen molar-refractivity contribution >= 4 is 27.8 Å². The summed E-state index contributed by atoms with van der Waals surface area (Å²) < 4.78 is 37.9. The second-order valence-electron chi connectivity index (χ2n) is 13.1. The van der Waals surface area contributed by atoms with Crippen molar-refractivity contribution in [1.29, 1.82) is 0 Å². The molecule has 0 heterocycles. The van der Waals surface area contributed by atoms with Gasteiger partial charge >= 0.3 is 0 Å². The Balaban J connectivity index is 1.19. The third-order valence-corrected chi connectivity index (χ3v) is 9.73. The van der Waals surface area contributed by atoms with Gasteiger partial charge < -0.3 is 4.90 Å². The Morgan fingerprint density at radius 1 is 0.283 bits per heavy atom. The number of nitrogens with zero attached hydrogens (tertiary/aromatic N) is 1. The molecule has 0 N–H and O–H groups in total. The van der Waals surface area contributed by atoms with Gasteiger partial charge in [-0.05, 0) is 115 Å². The summed E-state index contributed by atoms with van der Waals surface area (Å²) in [5.41, 5.74) is 10.9. The molecule has 250 valence electrons. The quantitative estimate of drug-likeness (QED) is 0.154. The van der Waals surface area contributed by atoms with Crippen molar-refractivity contribution in [3.8, 4) is 55.6 Å². The van der Waals surface area contributed by atoms with Gasteiger partial charge in [-0.15, -0.1) is 0 Å². The molecule has 0 fully saturated rings. The summed E-state index contributed by atoms with van der Waals surface area (Å²) in [5.74, 6) is 0. The van der Waals surface area contributed by atoms with Crippen molar-refractivity contribution in [1.82, 2.24) is 0 Å². The highest BCUT2D eigenvalue weighted by Gasteiger charge is 2.15. The summed E-state index contributed by atoms with van der Waals surface area (Å²) in [6.07, 6.45) is 0. The third kappa shape index (κ3) is 6.65. The highest BCUT2D eigenvalue weighted by molar-refractivity contribution is 5.97. The van der Waals surface area contributed by atoms with E-state index in [0.29, 0.717) is 11.3 Å². The van der Waals surface area contributed by atoms with Gasteiger partial charge in [0.15, 0.2) is 0 Å². The Kier molecular flexibility index (Phi) is 7.50. The highest BCUT2D eigenvalue weighted by Crippen LogP contribution is 2.40. The van der Waals surface area contributed by atoms with E-state index in [-0.39, 0.29) is 35.4 Å². The average Bonchev–Trinajstić information content (AvgIpc) is 3.28. The topological polar surface area (TPSA) is 3.24 Å². The van der Waals surface area contributed by atoms with Crippen molar-refractivity contribution < 1.29 is 5.48 Å². The lowest BCUT2D eigenvalue weighted by Crippen LogP contribution is -2.10. The molecular weight excluding hydrogens is 639 g/mol. The predicted molar refractivity (Wildman–Crippen MR) is 226 cm³/mol. The van der Waals surface area contributed by atoms with Crippen LogP contribution in [0.15, 0.2) is 224 Å². The molecule has 0 aliphatic heterocycles. The number of anilines is 3. The highest BCUT2D eigenvalue weighted by atomic mass is 15.1. The van der Waals surface area contributed by atoms with Crippen LogP contribution >= 0.6 is 0 Å². The molecule has 0 bridgehead atoms. The van der Waals surface area contributed by atoms with Crippen LogP contribution in [0.1, 0.15) is 5.48 Å². The fraction of sp³-hybridized carbons (Fsp3) is 0. The summed E-state index contributed by atoms with van der Waals surface area (Å²) in [5, 5.41) is 2.26. The minimum absolute atomic E-state index is 0.0965. The number of rotatable bonds is 8. The van der Waals surface area contributed by atoms with E-state index >= 15 is 0 Å². The van der Waals surface area contributed by atoms with E-state index in [0.717, 1.165) is 61.0 Å². The van der Waals surface area contributed by atoms with E-state index in [1.165, 1.54) is 0 Å². The molecule has 0 radical (unpaired) electrons. The molecule has 0 spiro atoms. The predicted octanol–water partition coefficient (Wildman–Crippen LogP) is 14.6. The number of benzene rings is 9. The summed E-state index contributed by atoms with van der Waals surface area (Å²) in [4.78, 5) is 1.86. The van der Waals surface area contributed by atoms with Crippen LogP contribution in [-0.4, -0.2) is 0 Å². The van der Waals surface area contributed by atoms with Gasteiger partial charge in [-0.1, -0.05) is 176 Å². The van der Waals surface area contributed by atoms with Gasteiger partial charge in [-0.25, -0.2) is 0 Å². The summed E-state index contributed by atoms with van der Waals surface area (Å²) in [6, 6.07) is 66.8. The molecule has 0 unspecified atom stereocenters. The fourth-order valence-electron chi connectivity index (χ4n) is 7.06. The first-order chi connectivity index (χ1) is 27.9. The number of fused-ring (bicyclic) bond motifs is 1. The zero-order chi connectivity index (χ0) is 38.9. The lowest BCUT2D eigenvalue weighted by atomic mass is 9.97. The van der Waals surface area contributed by atoms with Crippen LogP contribution in [0.3, 0.4) is 0 Å².